The summed E-state index contributed by atoms with van der Waals surface area (Å²) in [4.78, 5) is 0.0353. The van der Waals surface area contributed by atoms with Crippen LogP contribution in [0.4, 0.5) is 0 Å². The lowest BCUT2D eigenvalue weighted by Crippen LogP contribution is -2.27. The standard InChI is InChI=1S/C18H23NO6S/c1-12(13-6-8-15(23-3)16(10-13)24-4)19-26(20,21)18-9-7-14(22-2)11-17(18)25-5/h6-12,19H,1-5H3. The molecule has 0 radical (unpaired) electrons. The van der Waals surface area contributed by atoms with Gasteiger partial charge in [0.05, 0.1) is 28.4 Å². The summed E-state index contributed by atoms with van der Waals surface area (Å²) in [7, 11) is 2.16. The zero-order valence-electron chi connectivity index (χ0n) is 15.4. The first-order valence-corrected chi connectivity index (χ1v) is 9.31. The third-order valence-electron chi connectivity index (χ3n) is 3.90. The lowest BCUT2D eigenvalue weighted by atomic mass is 10.1. The minimum atomic E-state index is -3.81. The van der Waals surface area contributed by atoms with Gasteiger partial charge in [-0.1, -0.05) is 6.07 Å². The number of nitrogens with one attached hydrogen (secondary N) is 1. The molecule has 8 heteroatoms. The largest absolute Gasteiger partial charge is 0.497 e. The van der Waals surface area contributed by atoms with Crippen LogP contribution in [-0.2, 0) is 10.0 Å². The van der Waals surface area contributed by atoms with E-state index in [0.29, 0.717) is 17.2 Å². The number of hydrogen-bond donors (Lipinski definition) is 1. The van der Waals surface area contributed by atoms with E-state index >= 15 is 0 Å². The second kappa shape index (κ2) is 8.29. The zero-order valence-corrected chi connectivity index (χ0v) is 16.2. The van der Waals surface area contributed by atoms with E-state index in [2.05, 4.69) is 4.72 Å². The second-order valence-electron chi connectivity index (χ2n) is 5.47. The highest BCUT2D eigenvalue weighted by atomic mass is 32.2. The van der Waals surface area contributed by atoms with Crippen molar-refractivity contribution in [2.24, 2.45) is 0 Å². The Bertz CT molecular complexity index is 866. The van der Waals surface area contributed by atoms with Crippen LogP contribution in [0.3, 0.4) is 0 Å². The molecule has 0 heterocycles. The van der Waals surface area contributed by atoms with E-state index in [1.807, 2.05) is 0 Å². The van der Waals surface area contributed by atoms with Crippen molar-refractivity contribution >= 4 is 10.0 Å². The van der Waals surface area contributed by atoms with Crippen molar-refractivity contribution in [1.82, 2.24) is 4.72 Å². The molecule has 0 aliphatic rings. The summed E-state index contributed by atoms with van der Waals surface area (Å²) in [6.45, 7) is 1.74. The maximum absolute atomic E-state index is 12.8. The molecule has 2 rings (SSSR count). The first kappa shape index (κ1) is 19.9. The van der Waals surface area contributed by atoms with Crippen molar-refractivity contribution in [1.29, 1.82) is 0 Å². The van der Waals surface area contributed by atoms with Crippen molar-refractivity contribution in [3.63, 3.8) is 0 Å². The summed E-state index contributed by atoms with van der Waals surface area (Å²) < 4.78 is 49.0. The highest BCUT2D eigenvalue weighted by molar-refractivity contribution is 7.89. The molecule has 0 aliphatic heterocycles. The van der Waals surface area contributed by atoms with Gasteiger partial charge in [0.15, 0.2) is 11.5 Å². The Morgan fingerprint density at radius 1 is 0.808 bits per heavy atom. The quantitative estimate of drug-likeness (QED) is 0.757. The third-order valence-corrected chi connectivity index (χ3v) is 5.48. The number of ether oxygens (including phenoxy) is 4. The Balaban J connectivity index is 2.32. The van der Waals surface area contributed by atoms with E-state index in [0.717, 1.165) is 5.56 Å². The van der Waals surface area contributed by atoms with Gasteiger partial charge in [0.1, 0.15) is 16.4 Å². The summed E-state index contributed by atoms with van der Waals surface area (Å²) in [5.41, 5.74) is 0.735. The van der Waals surface area contributed by atoms with Crippen LogP contribution >= 0.6 is 0 Å². The van der Waals surface area contributed by atoms with Gasteiger partial charge in [0.25, 0.3) is 0 Å². The molecule has 0 amide bonds. The number of sulfonamides is 1. The van der Waals surface area contributed by atoms with Crippen molar-refractivity contribution in [2.45, 2.75) is 17.9 Å². The van der Waals surface area contributed by atoms with Crippen molar-refractivity contribution in [3.8, 4) is 23.0 Å². The topological polar surface area (TPSA) is 83.1 Å². The Labute approximate surface area is 153 Å². The highest BCUT2D eigenvalue weighted by Crippen LogP contribution is 2.32. The van der Waals surface area contributed by atoms with Gasteiger partial charge in [-0.25, -0.2) is 13.1 Å². The summed E-state index contributed by atoms with van der Waals surface area (Å²) in [6, 6.07) is 9.28. The van der Waals surface area contributed by atoms with Crippen LogP contribution in [0, 0.1) is 0 Å². The molecule has 2 aromatic carbocycles. The van der Waals surface area contributed by atoms with E-state index in [1.54, 1.807) is 38.3 Å². The number of rotatable bonds is 8. The molecule has 0 spiro atoms. The van der Waals surface area contributed by atoms with E-state index in [9.17, 15) is 8.42 Å². The molecule has 26 heavy (non-hydrogen) atoms. The summed E-state index contributed by atoms with van der Waals surface area (Å²) in [5.74, 6) is 1.81. The minimum Gasteiger partial charge on any atom is -0.497 e. The predicted octanol–water partition coefficient (Wildman–Crippen LogP) is 2.76. The van der Waals surface area contributed by atoms with Gasteiger partial charge >= 0.3 is 0 Å². The average molecular weight is 381 g/mol. The van der Waals surface area contributed by atoms with Gasteiger partial charge in [0.2, 0.25) is 10.0 Å². The fraction of sp³-hybridized carbons (Fsp3) is 0.333. The zero-order chi connectivity index (χ0) is 19.3. The Kier molecular flexibility index (Phi) is 6.33. The summed E-state index contributed by atoms with van der Waals surface area (Å²) >= 11 is 0. The number of benzene rings is 2. The molecule has 0 saturated heterocycles. The fourth-order valence-electron chi connectivity index (χ4n) is 2.48. The molecule has 1 atom stereocenters. The third kappa shape index (κ3) is 4.20. The molecular formula is C18H23NO6S. The number of hydrogen-bond acceptors (Lipinski definition) is 6. The first-order valence-electron chi connectivity index (χ1n) is 7.82. The second-order valence-corrected chi connectivity index (χ2v) is 7.16. The minimum absolute atomic E-state index is 0.0353. The van der Waals surface area contributed by atoms with Crippen molar-refractivity contribution in [2.75, 3.05) is 28.4 Å². The van der Waals surface area contributed by atoms with E-state index in [1.165, 1.54) is 33.5 Å². The lowest BCUT2D eigenvalue weighted by molar-refractivity contribution is 0.354. The SMILES string of the molecule is COc1ccc(S(=O)(=O)NC(C)c2ccc(OC)c(OC)c2)c(OC)c1. The van der Waals surface area contributed by atoms with Crippen LogP contribution in [0.2, 0.25) is 0 Å². The van der Waals surface area contributed by atoms with E-state index < -0.39 is 16.1 Å². The molecule has 0 saturated carbocycles. The monoisotopic (exact) mass is 381 g/mol. The van der Waals surface area contributed by atoms with E-state index in [-0.39, 0.29) is 10.6 Å². The molecule has 0 fully saturated rings. The summed E-state index contributed by atoms with van der Waals surface area (Å²) in [5, 5.41) is 0. The van der Waals surface area contributed by atoms with Gasteiger partial charge < -0.3 is 18.9 Å². The van der Waals surface area contributed by atoms with Crippen molar-refractivity contribution in [3.05, 3.63) is 42.0 Å². The normalized spacial score (nSPS) is 12.3. The highest BCUT2D eigenvalue weighted by Gasteiger charge is 2.23. The molecule has 2 aromatic rings. The molecule has 0 aromatic heterocycles. The fourth-order valence-corrected chi connectivity index (χ4v) is 3.87. The molecule has 1 N–H and O–H groups in total. The summed E-state index contributed by atoms with van der Waals surface area (Å²) in [6.07, 6.45) is 0. The van der Waals surface area contributed by atoms with Crippen LogP contribution in [0.25, 0.3) is 0 Å². The van der Waals surface area contributed by atoms with Gasteiger partial charge in [-0.05, 0) is 36.8 Å². The van der Waals surface area contributed by atoms with Gasteiger partial charge in [0, 0.05) is 12.1 Å². The van der Waals surface area contributed by atoms with Crippen molar-refractivity contribution < 1.29 is 27.4 Å². The Morgan fingerprint density at radius 2 is 1.46 bits per heavy atom. The average Bonchev–Trinajstić information content (AvgIpc) is 2.66. The molecule has 7 nitrogen and oxygen atoms in total. The van der Waals surface area contributed by atoms with Gasteiger partial charge in [-0.3, -0.25) is 0 Å². The van der Waals surface area contributed by atoms with Gasteiger partial charge in [-0.2, -0.15) is 0 Å². The molecular weight excluding hydrogens is 358 g/mol. The van der Waals surface area contributed by atoms with Crippen LogP contribution in [-0.4, -0.2) is 36.9 Å². The lowest BCUT2D eigenvalue weighted by Gasteiger charge is -2.18. The van der Waals surface area contributed by atoms with Crippen LogP contribution < -0.4 is 23.7 Å². The molecule has 0 bridgehead atoms. The molecule has 1 unspecified atom stereocenters. The van der Waals surface area contributed by atoms with Crippen LogP contribution in [0.5, 0.6) is 23.0 Å². The molecule has 142 valence electrons. The van der Waals surface area contributed by atoms with Crippen LogP contribution in [0.15, 0.2) is 41.3 Å². The molecule has 0 aliphatic carbocycles. The maximum atomic E-state index is 12.8. The van der Waals surface area contributed by atoms with Gasteiger partial charge in [-0.15, -0.1) is 0 Å². The maximum Gasteiger partial charge on any atom is 0.244 e. The van der Waals surface area contributed by atoms with Crippen LogP contribution in [0.1, 0.15) is 18.5 Å². The smallest absolute Gasteiger partial charge is 0.244 e. The Hall–Kier alpha value is -2.45. The first-order chi connectivity index (χ1) is 12.4. The number of methoxy groups -OCH3 is 4. The van der Waals surface area contributed by atoms with E-state index in [4.69, 9.17) is 18.9 Å². The predicted molar refractivity (Wildman–Crippen MR) is 97.8 cm³/mol. The Morgan fingerprint density at radius 3 is 2.04 bits per heavy atom.